The summed E-state index contributed by atoms with van der Waals surface area (Å²) >= 11 is 0. The number of aromatic nitrogens is 1. The number of likely N-dealkylation sites (N-methyl/N-ethyl adjacent to an activating group) is 1. The highest BCUT2D eigenvalue weighted by atomic mass is 16.5. The van der Waals surface area contributed by atoms with E-state index in [1.807, 2.05) is 55.6 Å². The Morgan fingerprint density at radius 1 is 1.06 bits per heavy atom. The van der Waals surface area contributed by atoms with Gasteiger partial charge in [0.05, 0.1) is 12.2 Å². The highest BCUT2D eigenvalue weighted by Crippen LogP contribution is 2.37. The number of carbonyl (C=O) groups is 1. The summed E-state index contributed by atoms with van der Waals surface area (Å²) in [5.74, 6) is 0.810. The molecule has 33 heavy (non-hydrogen) atoms. The minimum absolute atomic E-state index is 0.0695. The highest BCUT2D eigenvalue weighted by Gasteiger charge is 2.26. The molecular weight excluding hydrogens is 412 g/mol. The maximum Gasteiger partial charge on any atom is 0.251 e. The van der Waals surface area contributed by atoms with Crippen LogP contribution >= 0.6 is 0 Å². The second-order valence-electron chi connectivity index (χ2n) is 9.01. The molecule has 170 valence electrons. The molecule has 1 N–H and O–H groups in total. The summed E-state index contributed by atoms with van der Waals surface area (Å²) in [6.07, 6.45) is 2.56. The van der Waals surface area contributed by atoms with Gasteiger partial charge in [0.2, 0.25) is 0 Å². The molecule has 6 heteroatoms. The number of rotatable bonds is 5. The second kappa shape index (κ2) is 9.24. The fraction of sp³-hybridized carbons (Fsp3) is 0.333. The zero-order valence-corrected chi connectivity index (χ0v) is 19.3. The van der Waals surface area contributed by atoms with E-state index in [0.717, 1.165) is 60.7 Å². The fourth-order valence-electron chi connectivity index (χ4n) is 4.48. The van der Waals surface area contributed by atoms with Crippen LogP contribution in [0.4, 0.5) is 5.69 Å². The third kappa shape index (κ3) is 4.71. The predicted molar refractivity (Wildman–Crippen MR) is 131 cm³/mol. The average molecular weight is 443 g/mol. The maximum atomic E-state index is 12.7. The summed E-state index contributed by atoms with van der Waals surface area (Å²) < 4.78 is 6.25. The number of carbonyl (C=O) groups excluding carboxylic acids is 1. The third-order valence-electron chi connectivity index (χ3n) is 6.50. The van der Waals surface area contributed by atoms with E-state index in [4.69, 9.17) is 4.74 Å². The first-order valence-corrected chi connectivity index (χ1v) is 11.6. The molecule has 5 rings (SSSR count). The van der Waals surface area contributed by atoms with E-state index >= 15 is 0 Å². The molecule has 1 fully saturated rings. The van der Waals surface area contributed by atoms with E-state index in [9.17, 15) is 4.79 Å². The number of ether oxygens (including phenoxy) is 1. The highest BCUT2D eigenvalue weighted by molar-refractivity contribution is 5.94. The number of aryl methyl sites for hydroxylation is 1. The summed E-state index contributed by atoms with van der Waals surface area (Å²) in [5, 5.41) is 3.05. The van der Waals surface area contributed by atoms with Crippen molar-refractivity contribution in [2.24, 2.45) is 0 Å². The van der Waals surface area contributed by atoms with Crippen LogP contribution in [0.15, 0.2) is 60.8 Å². The summed E-state index contributed by atoms with van der Waals surface area (Å²) in [6, 6.07) is 18.2. The Kier molecular flexibility index (Phi) is 6.01. The Hall–Kier alpha value is -3.38. The van der Waals surface area contributed by atoms with Crippen molar-refractivity contribution in [2.45, 2.75) is 19.4 Å². The van der Waals surface area contributed by atoms with E-state index in [0.29, 0.717) is 12.1 Å². The molecule has 0 bridgehead atoms. The van der Waals surface area contributed by atoms with Gasteiger partial charge in [0, 0.05) is 55.6 Å². The van der Waals surface area contributed by atoms with Crippen LogP contribution in [-0.4, -0.2) is 61.7 Å². The molecule has 6 nitrogen and oxygen atoms in total. The number of piperazine rings is 1. The lowest BCUT2D eigenvalue weighted by Gasteiger charge is -2.34. The third-order valence-corrected chi connectivity index (χ3v) is 6.50. The van der Waals surface area contributed by atoms with E-state index in [1.54, 1.807) is 0 Å². The smallest absolute Gasteiger partial charge is 0.251 e. The zero-order chi connectivity index (χ0) is 22.8. The number of anilines is 1. The van der Waals surface area contributed by atoms with Gasteiger partial charge in [-0.2, -0.15) is 0 Å². The van der Waals surface area contributed by atoms with Gasteiger partial charge in [-0.3, -0.25) is 9.78 Å². The van der Waals surface area contributed by atoms with Crippen LogP contribution in [0.3, 0.4) is 0 Å². The van der Waals surface area contributed by atoms with E-state index in [-0.39, 0.29) is 12.0 Å². The van der Waals surface area contributed by atoms with Gasteiger partial charge < -0.3 is 19.9 Å². The standard InChI is InChI=1S/C27H30N4O2/c1-19-6-11-25(28-17-19)24-5-3-4-21-16-23(33-26(21)24)18-29-27(32)20-7-9-22(10-8-20)31-14-12-30(2)13-15-31/h3-11,17,23H,12-16,18H2,1-2H3,(H,29,32)/t23-/m1/s1. The van der Waals surface area contributed by atoms with Crippen LogP contribution in [0.5, 0.6) is 5.75 Å². The molecule has 2 aliphatic heterocycles. The van der Waals surface area contributed by atoms with Crippen molar-refractivity contribution < 1.29 is 9.53 Å². The minimum atomic E-state index is -0.0832. The molecule has 1 aromatic heterocycles. The number of nitrogens with one attached hydrogen (secondary N) is 1. The van der Waals surface area contributed by atoms with Crippen molar-refractivity contribution in [1.82, 2.24) is 15.2 Å². The van der Waals surface area contributed by atoms with Crippen molar-refractivity contribution in [2.75, 3.05) is 44.7 Å². The summed E-state index contributed by atoms with van der Waals surface area (Å²) in [7, 11) is 2.15. The van der Waals surface area contributed by atoms with Gasteiger partial charge in [-0.05, 0) is 61.5 Å². The van der Waals surface area contributed by atoms with E-state index in [1.165, 1.54) is 5.69 Å². The Bertz CT molecular complexity index is 1120. The Morgan fingerprint density at radius 3 is 2.58 bits per heavy atom. The average Bonchev–Trinajstić information content (AvgIpc) is 3.27. The largest absolute Gasteiger partial charge is 0.487 e. The van der Waals surface area contributed by atoms with Crippen LogP contribution in [-0.2, 0) is 6.42 Å². The van der Waals surface area contributed by atoms with Crippen molar-refractivity contribution in [3.05, 3.63) is 77.5 Å². The van der Waals surface area contributed by atoms with Gasteiger partial charge in [-0.25, -0.2) is 0 Å². The normalized spacial score (nSPS) is 18.0. The van der Waals surface area contributed by atoms with Gasteiger partial charge in [-0.15, -0.1) is 0 Å². The number of benzene rings is 2. The summed E-state index contributed by atoms with van der Waals surface area (Å²) in [4.78, 5) is 22.0. The van der Waals surface area contributed by atoms with E-state index in [2.05, 4.69) is 39.3 Å². The Balaban J connectivity index is 1.19. The molecule has 2 aromatic carbocycles. The topological polar surface area (TPSA) is 57.7 Å². The van der Waals surface area contributed by atoms with Crippen molar-refractivity contribution in [1.29, 1.82) is 0 Å². The van der Waals surface area contributed by atoms with Crippen molar-refractivity contribution in [3.8, 4) is 17.0 Å². The Morgan fingerprint density at radius 2 is 1.85 bits per heavy atom. The van der Waals surface area contributed by atoms with Gasteiger partial charge in [0.25, 0.3) is 5.91 Å². The zero-order valence-electron chi connectivity index (χ0n) is 19.3. The van der Waals surface area contributed by atoms with Crippen LogP contribution < -0.4 is 15.0 Å². The number of nitrogens with zero attached hydrogens (tertiary/aromatic N) is 3. The number of amides is 1. The van der Waals surface area contributed by atoms with Crippen LogP contribution in [0.2, 0.25) is 0 Å². The first-order chi connectivity index (χ1) is 16.1. The van der Waals surface area contributed by atoms with Crippen molar-refractivity contribution >= 4 is 11.6 Å². The number of pyridine rings is 1. The first-order valence-electron chi connectivity index (χ1n) is 11.6. The molecule has 0 radical (unpaired) electrons. The molecule has 3 heterocycles. The van der Waals surface area contributed by atoms with Gasteiger partial charge in [0.15, 0.2) is 0 Å². The molecule has 1 saturated heterocycles. The molecule has 1 amide bonds. The maximum absolute atomic E-state index is 12.7. The quantitative estimate of drug-likeness (QED) is 0.655. The summed E-state index contributed by atoms with van der Waals surface area (Å²) in [5.41, 5.74) is 6.04. The summed E-state index contributed by atoms with van der Waals surface area (Å²) in [6.45, 7) is 6.65. The molecule has 0 spiro atoms. The number of para-hydroxylation sites is 1. The number of fused-ring (bicyclic) bond motifs is 1. The van der Waals surface area contributed by atoms with Crippen molar-refractivity contribution in [3.63, 3.8) is 0 Å². The number of hydrogen-bond acceptors (Lipinski definition) is 5. The SMILES string of the molecule is Cc1ccc(-c2cccc3c2O[C@@H](CNC(=O)c2ccc(N4CCN(C)CC4)cc2)C3)nc1. The van der Waals surface area contributed by atoms with Gasteiger partial charge >= 0.3 is 0 Å². The Labute approximate surface area is 195 Å². The van der Waals surface area contributed by atoms with Crippen LogP contribution in [0.25, 0.3) is 11.3 Å². The lowest BCUT2D eigenvalue weighted by Crippen LogP contribution is -2.44. The molecule has 0 aliphatic carbocycles. The lowest BCUT2D eigenvalue weighted by molar-refractivity contribution is 0.0933. The lowest BCUT2D eigenvalue weighted by atomic mass is 10.0. The van der Waals surface area contributed by atoms with Crippen LogP contribution in [0.1, 0.15) is 21.5 Å². The van der Waals surface area contributed by atoms with Crippen LogP contribution in [0, 0.1) is 6.92 Å². The minimum Gasteiger partial charge on any atom is -0.487 e. The number of hydrogen-bond donors (Lipinski definition) is 1. The van der Waals surface area contributed by atoms with Gasteiger partial charge in [-0.1, -0.05) is 18.2 Å². The molecule has 3 aromatic rings. The van der Waals surface area contributed by atoms with E-state index < -0.39 is 0 Å². The monoisotopic (exact) mass is 442 g/mol. The van der Waals surface area contributed by atoms with Gasteiger partial charge in [0.1, 0.15) is 11.9 Å². The fourth-order valence-corrected chi connectivity index (χ4v) is 4.48. The second-order valence-corrected chi connectivity index (χ2v) is 9.01. The molecule has 0 saturated carbocycles. The predicted octanol–water partition coefficient (Wildman–Crippen LogP) is 3.54. The molecular formula is C27H30N4O2. The first kappa shape index (κ1) is 21.5. The molecule has 0 unspecified atom stereocenters. The molecule has 2 aliphatic rings. The molecule has 1 atom stereocenters.